The van der Waals surface area contributed by atoms with Crippen LogP contribution in [0.5, 0.6) is 0 Å². The molecule has 0 aliphatic heterocycles. The molecule has 94 valence electrons. The second-order valence-electron chi connectivity index (χ2n) is 3.94. The predicted molar refractivity (Wildman–Crippen MR) is 62.8 cm³/mol. The summed E-state index contributed by atoms with van der Waals surface area (Å²) >= 11 is 0. The standard InChI is InChI=1S/C12H17FN2O2/c13-7-6-12(15,11(14)16)9-17-8-10-4-2-1-3-5-10/h1-5H,6-9,15H2,(H2,14,16). The Morgan fingerprint density at radius 2 is 2.00 bits per heavy atom. The minimum atomic E-state index is -1.43. The lowest BCUT2D eigenvalue weighted by Gasteiger charge is -2.24. The highest BCUT2D eigenvalue weighted by Crippen LogP contribution is 2.09. The lowest BCUT2D eigenvalue weighted by molar-refractivity contribution is -0.126. The Morgan fingerprint density at radius 1 is 1.35 bits per heavy atom. The molecule has 4 N–H and O–H groups in total. The normalized spacial score (nSPS) is 14.2. The van der Waals surface area contributed by atoms with E-state index in [4.69, 9.17) is 16.2 Å². The summed E-state index contributed by atoms with van der Waals surface area (Å²) in [7, 11) is 0. The number of carbonyl (C=O) groups is 1. The first-order chi connectivity index (χ1) is 8.08. The molecule has 0 fully saturated rings. The number of hydrogen-bond acceptors (Lipinski definition) is 3. The van der Waals surface area contributed by atoms with Crippen molar-refractivity contribution in [3.05, 3.63) is 35.9 Å². The number of hydrogen-bond donors (Lipinski definition) is 2. The SMILES string of the molecule is NC(=O)C(N)(CCF)COCc1ccccc1. The maximum Gasteiger partial charge on any atom is 0.240 e. The van der Waals surface area contributed by atoms with Gasteiger partial charge in [0.2, 0.25) is 5.91 Å². The van der Waals surface area contributed by atoms with Crippen LogP contribution in [0, 0.1) is 0 Å². The van der Waals surface area contributed by atoms with Gasteiger partial charge in [-0.25, -0.2) is 0 Å². The second kappa shape index (κ2) is 6.32. The molecule has 17 heavy (non-hydrogen) atoms. The highest BCUT2D eigenvalue weighted by molar-refractivity contribution is 5.84. The van der Waals surface area contributed by atoms with Gasteiger partial charge in [-0.3, -0.25) is 9.18 Å². The third kappa shape index (κ3) is 4.13. The number of amides is 1. The van der Waals surface area contributed by atoms with Crippen molar-refractivity contribution in [1.29, 1.82) is 0 Å². The van der Waals surface area contributed by atoms with E-state index in [1.165, 1.54) is 0 Å². The number of carbonyl (C=O) groups excluding carboxylic acids is 1. The zero-order chi connectivity index (χ0) is 12.7. The summed E-state index contributed by atoms with van der Waals surface area (Å²) in [4.78, 5) is 11.1. The van der Waals surface area contributed by atoms with E-state index in [0.29, 0.717) is 6.61 Å². The summed E-state index contributed by atoms with van der Waals surface area (Å²) in [6.45, 7) is -0.464. The van der Waals surface area contributed by atoms with Gasteiger partial charge in [-0.15, -0.1) is 0 Å². The second-order valence-corrected chi connectivity index (χ2v) is 3.94. The van der Waals surface area contributed by atoms with E-state index in [2.05, 4.69) is 0 Å². The number of primary amides is 1. The molecular weight excluding hydrogens is 223 g/mol. The lowest BCUT2D eigenvalue weighted by Crippen LogP contribution is -2.55. The van der Waals surface area contributed by atoms with Crippen LogP contribution in [0.1, 0.15) is 12.0 Å². The van der Waals surface area contributed by atoms with Crippen LogP contribution in [-0.2, 0) is 16.1 Å². The van der Waals surface area contributed by atoms with E-state index < -0.39 is 18.1 Å². The van der Waals surface area contributed by atoms with E-state index in [9.17, 15) is 9.18 Å². The molecule has 0 saturated heterocycles. The van der Waals surface area contributed by atoms with Crippen LogP contribution in [-0.4, -0.2) is 24.7 Å². The molecule has 0 bridgehead atoms. The highest BCUT2D eigenvalue weighted by Gasteiger charge is 2.31. The summed E-state index contributed by atoms with van der Waals surface area (Å²) in [5, 5.41) is 0. The van der Waals surface area contributed by atoms with Crippen LogP contribution in [0.15, 0.2) is 30.3 Å². The summed E-state index contributed by atoms with van der Waals surface area (Å²) in [6, 6.07) is 9.42. The van der Waals surface area contributed by atoms with Crippen molar-refractivity contribution in [2.75, 3.05) is 13.3 Å². The molecule has 0 heterocycles. The Labute approximate surface area is 99.7 Å². The lowest BCUT2D eigenvalue weighted by atomic mass is 9.98. The van der Waals surface area contributed by atoms with E-state index in [0.717, 1.165) is 5.56 Å². The van der Waals surface area contributed by atoms with E-state index in [1.54, 1.807) is 0 Å². The molecule has 0 radical (unpaired) electrons. The molecule has 1 rings (SSSR count). The minimum absolute atomic E-state index is 0.0822. The van der Waals surface area contributed by atoms with Crippen molar-refractivity contribution < 1.29 is 13.9 Å². The Kier molecular flexibility index (Phi) is 5.06. The van der Waals surface area contributed by atoms with Gasteiger partial charge < -0.3 is 16.2 Å². The molecular formula is C12H17FN2O2. The minimum Gasteiger partial charge on any atom is -0.374 e. The number of nitrogens with two attached hydrogens (primary N) is 2. The summed E-state index contributed by atoms with van der Waals surface area (Å²) in [5.41, 5.74) is 10.3. The van der Waals surface area contributed by atoms with E-state index >= 15 is 0 Å². The Balaban J connectivity index is 2.45. The zero-order valence-electron chi connectivity index (χ0n) is 9.56. The maximum atomic E-state index is 12.3. The molecule has 0 aliphatic carbocycles. The average Bonchev–Trinajstić information content (AvgIpc) is 2.30. The molecule has 1 atom stereocenters. The molecule has 0 saturated carbocycles. The van der Waals surface area contributed by atoms with Gasteiger partial charge in [-0.05, 0) is 5.56 Å². The van der Waals surface area contributed by atoms with Crippen molar-refractivity contribution in [1.82, 2.24) is 0 Å². The van der Waals surface area contributed by atoms with Gasteiger partial charge in [0, 0.05) is 6.42 Å². The number of benzene rings is 1. The molecule has 4 nitrogen and oxygen atoms in total. The smallest absolute Gasteiger partial charge is 0.240 e. The maximum absolute atomic E-state index is 12.3. The van der Waals surface area contributed by atoms with Gasteiger partial charge in [0.05, 0.1) is 19.9 Å². The molecule has 0 aliphatic rings. The average molecular weight is 240 g/mol. The molecule has 0 aromatic heterocycles. The fourth-order valence-electron chi connectivity index (χ4n) is 1.36. The van der Waals surface area contributed by atoms with E-state index in [-0.39, 0.29) is 13.0 Å². The Morgan fingerprint density at radius 3 is 2.53 bits per heavy atom. The molecule has 1 unspecified atom stereocenters. The van der Waals surface area contributed by atoms with Crippen molar-refractivity contribution >= 4 is 5.91 Å². The zero-order valence-corrected chi connectivity index (χ0v) is 9.56. The predicted octanol–water partition coefficient (Wildman–Crippen LogP) is 0.746. The quantitative estimate of drug-likeness (QED) is 0.738. The van der Waals surface area contributed by atoms with Gasteiger partial charge in [0.15, 0.2) is 0 Å². The Hall–Kier alpha value is -1.46. The number of rotatable bonds is 7. The fraction of sp³-hybridized carbons (Fsp3) is 0.417. The van der Waals surface area contributed by atoms with Crippen LogP contribution in [0.25, 0.3) is 0 Å². The van der Waals surface area contributed by atoms with Crippen LogP contribution in [0.2, 0.25) is 0 Å². The van der Waals surface area contributed by atoms with Crippen LogP contribution >= 0.6 is 0 Å². The van der Waals surface area contributed by atoms with Crippen LogP contribution < -0.4 is 11.5 Å². The number of alkyl halides is 1. The van der Waals surface area contributed by atoms with Crippen LogP contribution in [0.3, 0.4) is 0 Å². The third-order valence-corrected chi connectivity index (χ3v) is 2.50. The van der Waals surface area contributed by atoms with Crippen molar-refractivity contribution in [3.8, 4) is 0 Å². The first-order valence-electron chi connectivity index (χ1n) is 5.35. The van der Waals surface area contributed by atoms with Gasteiger partial charge in [0.25, 0.3) is 0 Å². The first kappa shape index (κ1) is 13.6. The fourth-order valence-corrected chi connectivity index (χ4v) is 1.36. The van der Waals surface area contributed by atoms with Gasteiger partial charge in [-0.1, -0.05) is 30.3 Å². The molecule has 1 aromatic carbocycles. The molecule has 1 amide bonds. The molecule has 1 aromatic rings. The highest BCUT2D eigenvalue weighted by atomic mass is 19.1. The van der Waals surface area contributed by atoms with Crippen molar-refractivity contribution in [2.45, 2.75) is 18.6 Å². The Bertz CT molecular complexity index is 359. The molecule has 0 spiro atoms. The van der Waals surface area contributed by atoms with Crippen molar-refractivity contribution in [3.63, 3.8) is 0 Å². The number of ether oxygens (including phenoxy) is 1. The van der Waals surface area contributed by atoms with E-state index in [1.807, 2.05) is 30.3 Å². The van der Waals surface area contributed by atoms with Gasteiger partial charge in [-0.2, -0.15) is 0 Å². The van der Waals surface area contributed by atoms with Crippen molar-refractivity contribution in [2.24, 2.45) is 11.5 Å². The van der Waals surface area contributed by atoms with Gasteiger partial charge >= 0.3 is 0 Å². The van der Waals surface area contributed by atoms with Crippen LogP contribution in [0.4, 0.5) is 4.39 Å². The number of halogens is 1. The molecule has 5 heteroatoms. The topological polar surface area (TPSA) is 78.3 Å². The summed E-state index contributed by atoms with van der Waals surface area (Å²) < 4.78 is 17.6. The largest absolute Gasteiger partial charge is 0.374 e. The summed E-state index contributed by atoms with van der Waals surface area (Å²) in [5.74, 6) is -0.747. The summed E-state index contributed by atoms with van der Waals surface area (Å²) in [6.07, 6.45) is -0.128. The van der Waals surface area contributed by atoms with Gasteiger partial charge in [0.1, 0.15) is 5.54 Å². The first-order valence-corrected chi connectivity index (χ1v) is 5.35. The third-order valence-electron chi connectivity index (χ3n) is 2.50. The monoisotopic (exact) mass is 240 g/mol.